The van der Waals surface area contributed by atoms with Crippen molar-refractivity contribution in [2.45, 2.75) is 91.8 Å². The van der Waals surface area contributed by atoms with Crippen molar-refractivity contribution in [1.82, 2.24) is 20.3 Å². The lowest BCUT2D eigenvalue weighted by Gasteiger charge is -2.39. The van der Waals surface area contributed by atoms with E-state index in [1.165, 1.54) is 0 Å². The minimum absolute atomic E-state index is 0.174. The van der Waals surface area contributed by atoms with Crippen molar-refractivity contribution in [3.63, 3.8) is 0 Å². The molecule has 134 valence electrons. The highest BCUT2D eigenvalue weighted by Gasteiger charge is 2.39. The molecule has 0 fully saturated rings. The lowest BCUT2D eigenvalue weighted by atomic mass is 9.74. The van der Waals surface area contributed by atoms with Gasteiger partial charge < -0.3 is 10.4 Å². The van der Waals surface area contributed by atoms with Crippen molar-refractivity contribution in [2.24, 2.45) is 5.41 Å². The molecule has 0 aliphatic rings. The topological polar surface area (TPSA) is 63.0 Å². The van der Waals surface area contributed by atoms with Crippen LogP contribution in [0.2, 0.25) is 0 Å². The second-order valence-electron chi connectivity index (χ2n) is 8.65. The Bertz CT molecular complexity index is 470. The number of aromatic nitrogens is 3. The molecule has 0 radical (unpaired) electrons. The highest BCUT2D eigenvalue weighted by Crippen LogP contribution is 2.34. The molecule has 1 rings (SSSR count). The molecule has 1 aromatic heterocycles. The van der Waals surface area contributed by atoms with Crippen molar-refractivity contribution < 1.29 is 5.11 Å². The van der Waals surface area contributed by atoms with Gasteiger partial charge in [0.25, 0.3) is 0 Å². The zero-order chi connectivity index (χ0) is 17.7. The van der Waals surface area contributed by atoms with Crippen LogP contribution >= 0.6 is 0 Å². The van der Waals surface area contributed by atoms with E-state index in [0.29, 0.717) is 13.0 Å². The summed E-state index contributed by atoms with van der Waals surface area (Å²) in [5, 5.41) is 22.7. The summed E-state index contributed by atoms with van der Waals surface area (Å²) in [5.41, 5.74) is 0.315. The fourth-order valence-electron chi connectivity index (χ4n) is 2.63. The van der Waals surface area contributed by atoms with Gasteiger partial charge in [0.15, 0.2) is 0 Å². The van der Waals surface area contributed by atoms with Crippen LogP contribution in [0.15, 0.2) is 6.20 Å². The predicted octanol–water partition coefficient (Wildman–Crippen LogP) is 3.18. The number of nitrogens with zero attached hydrogens (tertiary/aromatic N) is 3. The highest BCUT2D eigenvalue weighted by molar-refractivity contribution is 4.98. The molecule has 0 spiro atoms. The Balaban J connectivity index is 2.57. The van der Waals surface area contributed by atoms with Gasteiger partial charge in [0, 0.05) is 5.54 Å². The Labute approximate surface area is 141 Å². The van der Waals surface area contributed by atoms with Gasteiger partial charge in [-0.3, -0.25) is 0 Å². The molecule has 5 nitrogen and oxygen atoms in total. The Hall–Kier alpha value is -0.940. The molecule has 0 aliphatic carbocycles. The maximum Gasteiger partial charge on any atom is 0.0888 e. The van der Waals surface area contributed by atoms with Crippen molar-refractivity contribution in [3.8, 4) is 0 Å². The summed E-state index contributed by atoms with van der Waals surface area (Å²) in [5.74, 6) is 0. The van der Waals surface area contributed by atoms with E-state index in [4.69, 9.17) is 0 Å². The smallest absolute Gasteiger partial charge is 0.0888 e. The van der Waals surface area contributed by atoms with Crippen LogP contribution in [0.4, 0.5) is 0 Å². The Morgan fingerprint density at radius 3 is 2.30 bits per heavy atom. The molecule has 2 N–H and O–H groups in total. The van der Waals surface area contributed by atoms with E-state index in [0.717, 1.165) is 31.5 Å². The molecule has 0 bridgehead atoms. The third-order valence-corrected chi connectivity index (χ3v) is 4.61. The van der Waals surface area contributed by atoms with E-state index in [1.54, 1.807) is 0 Å². The zero-order valence-electron chi connectivity index (χ0n) is 16.1. The first-order valence-corrected chi connectivity index (χ1v) is 8.83. The second-order valence-corrected chi connectivity index (χ2v) is 8.65. The van der Waals surface area contributed by atoms with E-state index >= 15 is 0 Å². The lowest BCUT2D eigenvalue weighted by molar-refractivity contribution is -0.0770. The van der Waals surface area contributed by atoms with Gasteiger partial charge in [0.05, 0.1) is 24.0 Å². The molecule has 1 atom stereocenters. The largest absolute Gasteiger partial charge is 0.387 e. The summed E-state index contributed by atoms with van der Waals surface area (Å²) in [6.07, 6.45) is 5.69. The van der Waals surface area contributed by atoms with Crippen molar-refractivity contribution >= 4 is 0 Å². The highest BCUT2D eigenvalue weighted by atomic mass is 16.3. The maximum atomic E-state index is 11.0. The van der Waals surface area contributed by atoms with Crippen LogP contribution < -0.4 is 5.32 Å². The maximum absolute atomic E-state index is 11.0. The monoisotopic (exact) mass is 324 g/mol. The van der Waals surface area contributed by atoms with Crippen LogP contribution in [0.25, 0.3) is 0 Å². The van der Waals surface area contributed by atoms with E-state index < -0.39 is 5.60 Å². The van der Waals surface area contributed by atoms with E-state index in [9.17, 15) is 5.11 Å². The normalized spacial score (nSPS) is 15.7. The molecule has 23 heavy (non-hydrogen) atoms. The van der Waals surface area contributed by atoms with Crippen LogP contribution in [0.3, 0.4) is 0 Å². The number of aliphatic hydroxyl groups is 1. The molecule has 0 saturated carbocycles. The number of unbranched alkanes of at least 4 members (excludes halogenated alkanes) is 1. The van der Waals surface area contributed by atoms with Crippen LogP contribution in [0, 0.1) is 5.41 Å². The van der Waals surface area contributed by atoms with Gasteiger partial charge in [0.2, 0.25) is 0 Å². The standard InChI is InChI=1S/C18H36N4O/c1-8-18(23,16(2,3)4)14-22-15(13-20-21-22)11-9-10-12-19-17(5,6)7/h13,19,23H,8-12,14H2,1-7H3/t18-/m1/s1. The first kappa shape index (κ1) is 20.1. The average Bonchev–Trinajstić information content (AvgIpc) is 2.83. The zero-order valence-corrected chi connectivity index (χ0v) is 16.1. The number of nitrogens with one attached hydrogen (secondary N) is 1. The molecule has 0 amide bonds. The number of rotatable bonds is 8. The van der Waals surface area contributed by atoms with Crippen LogP contribution in [0.1, 0.15) is 73.4 Å². The quantitative estimate of drug-likeness (QED) is 0.721. The first-order valence-electron chi connectivity index (χ1n) is 8.83. The minimum Gasteiger partial charge on any atom is -0.387 e. The number of hydrogen-bond acceptors (Lipinski definition) is 4. The fourth-order valence-corrected chi connectivity index (χ4v) is 2.63. The van der Waals surface area contributed by atoms with Crippen molar-refractivity contribution in [1.29, 1.82) is 0 Å². The summed E-state index contributed by atoms with van der Waals surface area (Å²) in [4.78, 5) is 0. The molecule has 5 heteroatoms. The van der Waals surface area contributed by atoms with Crippen molar-refractivity contribution in [3.05, 3.63) is 11.9 Å². The molecular weight excluding hydrogens is 288 g/mol. The first-order chi connectivity index (χ1) is 10.5. The van der Waals surface area contributed by atoms with Crippen LogP contribution in [0.5, 0.6) is 0 Å². The van der Waals surface area contributed by atoms with Crippen molar-refractivity contribution in [2.75, 3.05) is 6.54 Å². The van der Waals surface area contributed by atoms with Gasteiger partial charge in [-0.15, -0.1) is 5.10 Å². The molecular formula is C18H36N4O. The number of aryl methyl sites for hydroxylation is 1. The summed E-state index contributed by atoms with van der Waals surface area (Å²) in [6.45, 7) is 16.3. The Morgan fingerprint density at radius 1 is 1.13 bits per heavy atom. The summed E-state index contributed by atoms with van der Waals surface area (Å²) in [6, 6.07) is 0. The predicted molar refractivity (Wildman–Crippen MR) is 95.4 cm³/mol. The minimum atomic E-state index is -0.775. The van der Waals surface area contributed by atoms with Gasteiger partial charge in [0.1, 0.15) is 0 Å². The summed E-state index contributed by atoms with van der Waals surface area (Å²) >= 11 is 0. The SMILES string of the molecule is CC[C@@](O)(Cn1nncc1CCCCNC(C)(C)C)C(C)(C)C. The van der Waals surface area contributed by atoms with E-state index in [2.05, 4.69) is 57.2 Å². The van der Waals surface area contributed by atoms with E-state index in [-0.39, 0.29) is 11.0 Å². The third kappa shape index (κ3) is 6.22. The van der Waals surface area contributed by atoms with Gasteiger partial charge in [-0.05, 0) is 58.4 Å². The van der Waals surface area contributed by atoms with Gasteiger partial charge >= 0.3 is 0 Å². The van der Waals surface area contributed by atoms with E-state index in [1.807, 2.05) is 17.8 Å². The summed E-state index contributed by atoms with van der Waals surface area (Å²) < 4.78 is 1.88. The van der Waals surface area contributed by atoms with Gasteiger partial charge in [-0.1, -0.05) is 32.9 Å². The van der Waals surface area contributed by atoms with Gasteiger partial charge in [-0.25, -0.2) is 4.68 Å². The molecule has 0 unspecified atom stereocenters. The molecule has 1 aromatic rings. The second kappa shape index (κ2) is 7.75. The third-order valence-electron chi connectivity index (χ3n) is 4.61. The molecule has 1 heterocycles. The molecule has 0 saturated heterocycles. The Kier molecular flexibility index (Phi) is 6.78. The fraction of sp³-hybridized carbons (Fsp3) is 0.889. The van der Waals surface area contributed by atoms with Gasteiger partial charge in [-0.2, -0.15) is 0 Å². The Morgan fingerprint density at radius 2 is 1.78 bits per heavy atom. The molecule has 0 aliphatic heterocycles. The van der Waals surface area contributed by atoms with Crippen LogP contribution in [-0.4, -0.2) is 37.8 Å². The lowest BCUT2D eigenvalue weighted by Crippen LogP contribution is -2.46. The van der Waals surface area contributed by atoms with Crippen LogP contribution in [-0.2, 0) is 13.0 Å². The summed E-state index contributed by atoms with van der Waals surface area (Å²) in [7, 11) is 0. The molecule has 0 aromatic carbocycles. The number of hydrogen-bond donors (Lipinski definition) is 2. The average molecular weight is 325 g/mol.